The molecule has 25 heavy (non-hydrogen) atoms. The Labute approximate surface area is 145 Å². The fourth-order valence-corrected chi connectivity index (χ4v) is 3.62. The molecule has 1 aliphatic rings. The maximum Gasteiger partial charge on any atom is 0.255 e. The van der Waals surface area contributed by atoms with Crippen molar-refractivity contribution in [2.75, 3.05) is 12.4 Å². The second kappa shape index (κ2) is 6.81. The van der Waals surface area contributed by atoms with Crippen molar-refractivity contribution < 1.29 is 22.3 Å². The van der Waals surface area contributed by atoms with Crippen LogP contribution in [-0.4, -0.2) is 27.5 Å². The number of nitrogens with one attached hydrogen (secondary N) is 2. The molecule has 1 saturated carbocycles. The minimum Gasteiger partial charge on any atom is -0.497 e. The molecule has 1 fully saturated rings. The number of carbonyl (C=O) groups excluding carboxylic acids is 1. The van der Waals surface area contributed by atoms with E-state index in [1.165, 1.54) is 13.2 Å². The van der Waals surface area contributed by atoms with E-state index in [1.54, 1.807) is 24.3 Å². The zero-order valence-corrected chi connectivity index (χ0v) is 14.3. The van der Waals surface area contributed by atoms with E-state index in [-0.39, 0.29) is 11.6 Å². The molecule has 2 aromatic rings. The lowest BCUT2D eigenvalue weighted by molar-refractivity contribution is 0.102. The Morgan fingerprint density at radius 1 is 1.16 bits per heavy atom. The summed E-state index contributed by atoms with van der Waals surface area (Å²) in [7, 11) is -2.46. The number of amides is 1. The van der Waals surface area contributed by atoms with Crippen molar-refractivity contribution in [1.29, 1.82) is 0 Å². The number of sulfonamides is 1. The number of methoxy groups -OCH3 is 1. The number of ether oxygens (including phenoxy) is 1. The SMILES string of the molecule is COc1ccc(NC(=O)c2ccc(F)c(S(=O)(=O)NC3CC3)c2)cc1. The van der Waals surface area contributed by atoms with Crippen LogP contribution in [0.3, 0.4) is 0 Å². The quantitative estimate of drug-likeness (QED) is 0.825. The maximum atomic E-state index is 13.9. The normalized spacial score (nSPS) is 14.2. The molecular weight excluding hydrogens is 347 g/mol. The molecule has 0 radical (unpaired) electrons. The zero-order chi connectivity index (χ0) is 18.0. The summed E-state index contributed by atoms with van der Waals surface area (Å²) in [5.74, 6) is -0.790. The molecule has 2 N–H and O–H groups in total. The first-order chi connectivity index (χ1) is 11.9. The van der Waals surface area contributed by atoms with Crippen LogP contribution < -0.4 is 14.8 Å². The molecule has 1 aliphatic carbocycles. The van der Waals surface area contributed by atoms with Gasteiger partial charge in [0, 0.05) is 17.3 Å². The van der Waals surface area contributed by atoms with Crippen LogP contribution in [0.4, 0.5) is 10.1 Å². The molecule has 2 aromatic carbocycles. The van der Waals surface area contributed by atoms with Crippen molar-refractivity contribution in [2.45, 2.75) is 23.8 Å². The number of carbonyl (C=O) groups is 1. The standard InChI is InChI=1S/C17H17FN2O4S/c1-24-14-7-5-12(6-8-14)19-17(21)11-2-9-15(18)16(10-11)25(22,23)20-13-3-4-13/h2,5-10,13,20H,3-4H2,1H3,(H,19,21). The van der Waals surface area contributed by atoms with E-state index in [0.29, 0.717) is 11.4 Å². The minimum atomic E-state index is -3.99. The van der Waals surface area contributed by atoms with Crippen molar-refractivity contribution in [3.8, 4) is 5.75 Å². The van der Waals surface area contributed by atoms with Gasteiger partial charge in [0.05, 0.1) is 7.11 Å². The van der Waals surface area contributed by atoms with Crippen LogP contribution in [0.15, 0.2) is 47.4 Å². The van der Waals surface area contributed by atoms with Gasteiger partial charge in [-0.2, -0.15) is 0 Å². The second-order valence-corrected chi connectivity index (χ2v) is 7.41. The van der Waals surface area contributed by atoms with Gasteiger partial charge in [0.15, 0.2) is 0 Å². The summed E-state index contributed by atoms with van der Waals surface area (Å²) in [5.41, 5.74) is 0.559. The molecule has 8 heteroatoms. The Morgan fingerprint density at radius 3 is 2.44 bits per heavy atom. The van der Waals surface area contributed by atoms with Crippen LogP contribution in [-0.2, 0) is 10.0 Å². The molecule has 6 nitrogen and oxygen atoms in total. The Kier molecular flexibility index (Phi) is 4.73. The second-order valence-electron chi connectivity index (χ2n) is 5.72. The molecule has 0 saturated heterocycles. The van der Waals surface area contributed by atoms with Gasteiger partial charge < -0.3 is 10.1 Å². The molecule has 0 unspecified atom stereocenters. The summed E-state index contributed by atoms with van der Waals surface area (Å²) in [6.07, 6.45) is 1.47. The summed E-state index contributed by atoms with van der Waals surface area (Å²) in [6, 6.07) is 9.75. The van der Waals surface area contributed by atoms with E-state index in [2.05, 4.69) is 10.0 Å². The average Bonchev–Trinajstić information content (AvgIpc) is 3.39. The smallest absolute Gasteiger partial charge is 0.255 e. The van der Waals surface area contributed by atoms with Gasteiger partial charge >= 0.3 is 0 Å². The van der Waals surface area contributed by atoms with Crippen molar-refractivity contribution in [1.82, 2.24) is 4.72 Å². The molecule has 0 aliphatic heterocycles. The predicted octanol–water partition coefficient (Wildman–Crippen LogP) is 2.53. The third kappa shape index (κ3) is 4.15. The summed E-state index contributed by atoms with van der Waals surface area (Å²) in [6.45, 7) is 0. The van der Waals surface area contributed by atoms with Crippen LogP contribution in [0.5, 0.6) is 5.75 Å². The van der Waals surface area contributed by atoms with Crippen molar-refractivity contribution in [3.63, 3.8) is 0 Å². The lowest BCUT2D eigenvalue weighted by Gasteiger charge is -2.10. The van der Waals surface area contributed by atoms with Gasteiger partial charge in [-0.1, -0.05) is 0 Å². The third-order valence-electron chi connectivity index (χ3n) is 3.73. The molecule has 0 aromatic heterocycles. The summed E-state index contributed by atoms with van der Waals surface area (Å²) >= 11 is 0. The first-order valence-electron chi connectivity index (χ1n) is 7.66. The predicted molar refractivity (Wildman–Crippen MR) is 90.7 cm³/mol. The summed E-state index contributed by atoms with van der Waals surface area (Å²) in [5, 5.41) is 2.63. The molecule has 0 heterocycles. The van der Waals surface area contributed by atoms with Crippen LogP contribution in [0.1, 0.15) is 23.2 Å². The maximum absolute atomic E-state index is 13.9. The Balaban J connectivity index is 1.81. The Bertz CT molecular complexity index is 893. The van der Waals surface area contributed by atoms with E-state index in [1.807, 2.05) is 0 Å². The highest BCUT2D eigenvalue weighted by molar-refractivity contribution is 7.89. The topological polar surface area (TPSA) is 84.5 Å². The highest BCUT2D eigenvalue weighted by Crippen LogP contribution is 2.24. The van der Waals surface area contributed by atoms with Crippen LogP contribution in [0.2, 0.25) is 0 Å². The Morgan fingerprint density at radius 2 is 1.84 bits per heavy atom. The number of hydrogen-bond donors (Lipinski definition) is 2. The molecule has 3 rings (SSSR count). The van der Waals surface area contributed by atoms with Crippen molar-refractivity contribution in [3.05, 3.63) is 53.8 Å². The van der Waals surface area contributed by atoms with Crippen LogP contribution in [0, 0.1) is 5.82 Å². The number of hydrogen-bond acceptors (Lipinski definition) is 4. The molecular formula is C17H17FN2O4S. The van der Waals surface area contributed by atoms with E-state index in [4.69, 9.17) is 4.74 Å². The first kappa shape index (κ1) is 17.4. The van der Waals surface area contributed by atoms with E-state index in [0.717, 1.165) is 25.0 Å². The Hall–Kier alpha value is -2.45. The van der Waals surface area contributed by atoms with E-state index < -0.39 is 26.6 Å². The number of rotatable bonds is 6. The first-order valence-corrected chi connectivity index (χ1v) is 9.14. The monoisotopic (exact) mass is 364 g/mol. The molecule has 0 spiro atoms. The van der Waals surface area contributed by atoms with Crippen molar-refractivity contribution >= 4 is 21.6 Å². The lowest BCUT2D eigenvalue weighted by atomic mass is 10.2. The molecule has 132 valence electrons. The van der Waals surface area contributed by atoms with Gasteiger partial charge in [-0.3, -0.25) is 4.79 Å². The van der Waals surface area contributed by atoms with Gasteiger partial charge in [-0.25, -0.2) is 17.5 Å². The minimum absolute atomic E-state index is 0.0494. The van der Waals surface area contributed by atoms with Crippen LogP contribution >= 0.6 is 0 Å². The fourth-order valence-electron chi connectivity index (χ4n) is 2.21. The van der Waals surface area contributed by atoms with Crippen LogP contribution in [0.25, 0.3) is 0 Å². The summed E-state index contributed by atoms with van der Waals surface area (Å²) in [4.78, 5) is 11.8. The van der Waals surface area contributed by atoms with E-state index >= 15 is 0 Å². The zero-order valence-electron chi connectivity index (χ0n) is 13.5. The average molecular weight is 364 g/mol. The van der Waals surface area contributed by atoms with E-state index in [9.17, 15) is 17.6 Å². The fraction of sp³-hybridized carbons (Fsp3) is 0.235. The number of benzene rings is 2. The van der Waals surface area contributed by atoms with Gasteiger partial charge in [0.25, 0.3) is 5.91 Å². The van der Waals surface area contributed by atoms with Gasteiger partial charge in [0.1, 0.15) is 16.5 Å². The lowest BCUT2D eigenvalue weighted by Crippen LogP contribution is -2.27. The highest BCUT2D eigenvalue weighted by atomic mass is 32.2. The molecule has 0 bridgehead atoms. The van der Waals surface area contributed by atoms with Gasteiger partial charge in [-0.15, -0.1) is 0 Å². The third-order valence-corrected chi connectivity index (χ3v) is 5.27. The highest BCUT2D eigenvalue weighted by Gasteiger charge is 2.30. The van der Waals surface area contributed by atoms with Gasteiger partial charge in [-0.05, 0) is 55.3 Å². The molecule has 1 amide bonds. The number of anilines is 1. The number of halogens is 1. The van der Waals surface area contributed by atoms with Gasteiger partial charge in [0.2, 0.25) is 10.0 Å². The largest absolute Gasteiger partial charge is 0.497 e. The summed E-state index contributed by atoms with van der Waals surface area (Å²) < 4.78 is 45.8. The van der Waals surface area contributed by atoms with Crippen molar-refractivity contribution in [2.24, 2.45) is 0 Å². The molecule has 0 atom stereocenters.